The van der Waals surface area contributed by atoms with Crippen molar-refractivity contribution in [3.63, 3.8) is 0 Å². The van der Waals surface area contributed by atoms with Crippen LogP contribution in [0.5, 0.6) is 5.75 Å². The van der Waals surface area contributed by atoms with Crippen molar-refractivity contribution < 1.29 is 14.3 Å². The summed E-state index contributed by atoms with van der Waals surface area (Å²) in [6.07, 6.45) is 3.86. The van der Waals surface area contributed by atoms with Crippen LogP contribution in [0.1, 0.15) is 30.9 Å². The van der Waals surface area contributed by atoms with Gasteiger partial charge in [0.2, 0.25) is 5.90 Å². The lowest BCUT2D eigenvalue weighted by molar-refractivity contribution is -0.129. The number of carbonyl (C=O) groups excluding carboxylic acids is 1. The zero-order valence-electron chi connectivity index (χ0n) is 13.9. The number of esters is 1. The normalized spacial score (nSPS) is 15.2. The predicted octanol–water partition coefficient (Wildman–Crippen LogP) is 4.81. The lowest BCUT2D eigenvalue weighted by atomic mass is 10.2. The van der Waals surface area contributed by atoms with E-state index in [1.807, 2.05) is 48.5 Å². The standard InChI is InChI=1S/C20H18INO3/c1-2-3-12-24-17-10-4-14(5-11-17)13-18-20(23)25-19(22-18)15-6-8-16(21)9-7-15/h4-11,13H,2-3,12H2,1H3/b18-13+. The topological polar surface area (TPSA) is 47.9 Å². The third kappa shape index (κ3) is 4.69. The van der Waals surface area contributed by atoms with Gasteiger partial charge in [-0.3, -0.25) is 0 Å². The van der Waals surface area contributed by atoms with Crippen LogP contribution in [0.2, 0.25) is 0 Å². The van der Waals surface area contributed by atoms with Gasteiger partial charge >= 0.3 is 5.97 Å². The molecule has 0 N–H and O–H groups in total. The maximum absolute atomic E-state index is 12.0. The lowest BCUT2D eigenvalue weighted by Crippen LogP contribution is -2.05. The average molecular weight is 447 g/mol. The molecule has 3 rings (SSSR count). The predicted molar refractivity (Wildman–Crippen MR) is 107 cm³/mol. The summed E-state index contributed by atoms with van der Waals surface area (Å²) >= 11 is 2.23. The van der Waals surface area contributed by atoms with Crippen LogP contribution in [0.15, 0.2) is 59.2 Å². The first-order valence-electron chi connectivity index (χ1n) is 8.17. The molecule has 0 atom stereocenters. The molecule has 4 nitrogen and oxygen atoms in total. The minimum absolute atomic E-state index is 0.299. The fraction of sp³-hybridized carbons (Fsp3) is 0.200. The van der Waals surface area contributed by atoms with Crippen molar-refractivity contribution in [2.75, 3.05) is 6.61 Å². The fourth-order valence-electron chi connectivity index (χ4n) is 2.28. The largest absolute Gasteiger partial charge is 0.494 e. The number of aliphatic imine (C=N–C) groups is 1. The van der Waals surface area contributed by atoms with Crippen molar-refractivity contribution in [1.82, 2.24) is 0 Å². The number of unbranched alkanes of at least 4 members (excludes halogenated alkanes) is 1. The molecule has 2 aromatic rings. The molecule has 1 aliphatic rings. The Morgan fingerprint density at radius 2 is 1.84 bits per heavy atom. The highest BCUT2D eigenvalue weighted by Gasteiger charge is 2.23. The van der Waals surface area contributed by atoms with Crippen LogP contribution >= 0.6 is 22.6 Å². The Labute approximate surface area is 160 Å². The van der Waals surface area contributed by atoms with Gasteiger partial charge in [0.25, 0.3) is 0 Å². The molecule has 0 unspecified atom stereocenters. The minimum atomic E-state index is -0.433. The Balaban J connectivity index is 1.74. The summed E-state index contributed by atoms with van der Waals surface area (Å²) in [6.45, 7) is 2.84. The second kappa shape index (κ2) is 8.29. The average Bonchev–Trinajstić information content (AvgIpc) is 2.98. The second-order valence-electron chi connectivity index (χ2n) is 5.61. The van der Waals surface area contributed by atoms with Crippen molar-refractivity contribution in [3.05, 3.63) is 68.9 Å². The van der Waals surface area contributed by atoms with E-state index in [2.05, 4.69) is 34.5 Å². The molecule has 1 aliphatic heterocycles. The lowest BCUT2D eigenvalue weighted by Gasteiger charge is -2.05. The van der Waals surface area contributed by atoms with Crippen molar-refractivity contribution >= 4 is 40.5 Å². The summed E-state index contributed by atoms with van der Waals surface area (Å²) in [7, 11) is 0. The highest BCUT2D eigenvalue weighted by atomic mass is 127. The van der Waals surface area contributed by atoms with E-state index in [1.165, 1.54) is 0 Å². The maximum atomic E-state index is 12.0. The Bertz CT molecular complexity index is 808. The van der Waals surface area contributed by atoms with Crippen LogP contribution < -0.4 is 4.74 Å². The number of ether oxygens (including phenoxy) is 2. The van der Waals surface area contributed by atoms with Crippen molar-refractivity contribution in [2.45, 2.75) is 19.8 Å². The Morgan fingerprint density at radius 3 is 2.52 bits per heavy atom. The van der Waals surface area contributed by atoms with Gasteiger partial charge in [0, 0.05) is 9.13 Å². The maximum Gasteiger partial charge on any atom is 0.363 e. The smallest absolute Gasteiger partial charge is 0.363 e. The minimum Gasteiger partial charge on any atom is -0.494 e. The number of nitrogens with zero attached hydrogens (tertiary/aromatic N) is 1. The Hall–Kier alpha value is -2.15. The fourth-order valence-corrected chi connectivity index (χ4v) is 2.64. The summed E-state index contributed by atoms with van der Waals surface area (Å²) in [4.78, 5) is 16.4. The molecule has 25 heavy (non-hydrogen) atoms. The first-order valence-corrected chi connectivity index (χ1v) is 9.25. The highest BCUT2D eigenvalue weighted by molar-refractivity contribution is 14.1. The first kappa shape index (κ1) is 17.7. The van der Waals surface area contributed by atoms with Gasteiger partial charge < -0.3 is 9.47 Å². The number of benzene rings is 2. The molecule has 0 spiro atoms. The summed E-state index contributed by atoms with van der Waals surface area (Å²) < 4.78 is 12.0. The van der Waals surface area contributed by atoms with E-state index < -0.39 is 5.97 Å². The van der Waals surface area contributed by atoms with E-state index in [0.29, 0.717) is 18.2 Å². The molecule has 2 aromatic carbocycles. The molecule has 0 fully saturated rings. The first-order chi connectivity index (χ1) is 12.2. The van der Waals surface area contributed by atoms with E-state index in [0.717, 1.165) is 33.3 Å². The van der Waals surface area contributed by atoms with Gasteiger partial charge in [-0.1, -0.05) is 25.5 Å². The molecule has 0 amide bonds. The molecular formula is C20H18INO3. The van der Waals surface area contributed by atoms with Crippen molar-refractivity contribution in [1.29, 1.82) is 0 Å². The molecule has 0 aliphatic carbocycles. The van der Waals surface area contributed by atoms with Crippen LogP contribution in [-0.4, -0.2) is 18.5 Å². The van der Waals surface area contributed by atoms with Gasteiger partial charge in [-0.2, -0.15) is 0 Å². The second-order valence-corrected chi connectivity index (χ2v) is 6.86. The van der Waals surface area contributed by atoms with Crippen LogP contribution in [0.3, 0.4) is 0 Å². The zero-order chi connectivity index (χ0) is 17.6. The molecule has 5 heteroatoms. The number of cyclic esters (lactones) is 1. The van der Waals surface area contributed by atoms with Crippen molar-refractivity contribution in [3.8, 4) is 5.75 Å². The zero-order valence-corrected chi connectivity index (χ0v) is 16.0. The van der Waals surface area contributed by atoms with E-state index in [-0.39, 0.29) is 0 Å². The molecule has 0 bridgehead atoms. The Morgan fingerprint density at radius 1 is 1.12 bits per heavy atom. The van der Waals surface area contributed by atoms with Crippen LogP contribution in [0.4, 0.5) is 0 Å². The van der Waals surface area contributed by atoms with E-state index in [4.69, 9.17) is 9.47 Å². The van der Waals surface area contributed by atoms with Gasteiger partial charge in [0.05, 0.1) is 6.61 Å². The van der Waals surface area contributed by atoms with E-state index >= 15 is 0 Å². The van der Waals surface area contributed by atoms with E-state index in [1.54, 1.807) is 6.08 Å². The van der Waals surface area contributed by atoms with Gasteiger partial charge in [0.15, 0.2) is 5.70 Å². The third-order valence-electron chi connectivity index (χ3n) is 3.66. The number of hydrogen-bond donors (Lipinski definition) is 0. The summed E-state index contributed by atoms with van der Waals surface area (Å²) in [5.41, 5.74) is 1.97. The van der Waals surface area contributed by atoms with E-state index in [9.17, 15) is 4.79 Å². The van der Waals surface area contributed by atoms with Gasteiger partial charge in [-0.15, -0.1) is 0 Å². The number of rotatable bonds is 6. The number of halogens is 1. The molecule has 0 saturated carbocycles. The number of hydrogen-bond acceptors (Lipinski definition) is 4. The monoisotopic (exact) mass is 447 g/mol. The summed E-state index contributed by atoms with van der Waals surface area (Å²) in [5, 5.41) is 0. The molecule has 0 aromatic heterocycles. The quantitative estimate of drug-likeness (QED) is 0.276. The third-order valence-corrected chi connectivity index (χ3v) is 4.38. The molecule has 128 valence electrons. The van der Waals surface area contributed by atoms with Gasteiger partial charge in [-0.05, 0) is 77.0 Å². The summed E-state index contributed by atoms with van der Waals surface area (Å²) in [5.74, 6) is 0.733. The molecule has 0 radical (unpaired) electrons. The van der Waals surface area contributed by atoms with Crippen molar-refractivity contribution in [2.24, 2.45) is 4.99 Å². The van der Waals surface area contributed by atoms with Gasteiger partial charge in [-0.25, -0.2) is 9.79 Å². The van der Waals surface area contributed by atoms with Crippen LogP contribution in [0.25, 0.3) is 6.08 Å². The van der Waals surface area contributed by atoms with Crippen LogP contribution in [-0.2, 0) is 9.53 Å². The Kier molecular flexibility index (Phi) is 5.86. The van der Waals surface area contributed by atoms with Crippen LogP contribution in [0, 0.1) is 3.57 Å². The molecular weight excluding hydrogens is 429 g/mol. The molecule has 1 heterocycles. The highest BCUT2D eigenvalue weighted by Crippen LogP contribution is 2.21. The molecule has 0 saturated heterocycles. The number of carbonyl (C=O) groups is 1. The van der Waals surface area contributed by atoms with Gasteiger partial charge in [0.1, 0.15) is 5.75 Å². The summed E-state index contributed by atoms with van der Waals surface area (Å²) in [6, 6.07) is 15.3. The SMILES string of the molecule is CCCCOc1ccc(/C=C2/N=C(c3ccc(I)cc3)OC2=O)cc1.